The van der Waals surface area contributed by atoms with E-state index in [0.717, 1.165) is 17.7 Å². The molecule has 0 aliphatic carbocycles. The minimum atomic E-state index is -0.717. The fraction of sp³-hybridized carbons (Fsp3) is 0.412. The molecule has 0 spiro atoms. The van der Waals surface area contributed by atoms with E-state index in [0.29, 0.717) is 12.8 Å². The summed E-state index contributed by atoms with van der Waals surface area (Å²) in [6, 6.07) is 6.43. The summed E-state index contributed by atoms with van der Waals surface area (Å²) in [5.74, 6) is -0.185. The number of anilines is 1. The molecule has 0 saturated carbocycles. The Hall–Kier alpha value is -2.30. The van der Waals surface area contributed by atoms with E-state index >= 15 is 0 Å². The number of carbonyl (C=O) groups is 2. The van der Waals surface area contributed by atoms with E-state index in [2.05, 4.69) is 11.9 Å². The van der Waals surface area contributed by atoms with Gasteiger partial charge in [0.25, 0.3) is 0 Å². The van der Waals surface area contributed by atoms with Gasteiger partial charge in [0.1, 0.15) is 18.1 Å². The molecule has 0 amide bonds. The summed E-state index contributed by atoms with van der Waals surface area (Å²) in [5.41, 5.74) is 0.726. The molecule has 0 saturated heterocycles. The van der Waals surface area contributed by atoms with E-state index in [1.807, 2.05) is 0 Å². The van der Waals surface area contributed by atoms with Crippen molar-refractivity contribution in [1.82, 2.24) is 0 Å². The number of carbonyl (C=O) groups excluding carboxylic acids is 2. The van der Waals surface area contributed by atoms with Crippen molar-refractivity contribution in [1.29, 1.82) is 0 Å². The molecule has 1 rings (SSSR count). The molecule has 5 nitrogen and oxygen atoms in total. The van der Waals surface area contributed by atoms with Crippen molar-refractivity contribution in [2.24, 2.45) is 5.92 Å². The van der Waals surface area contributed by atoms with E-state index in [-0.39, 0.29) is 6.61 Å². The summed E-state index contributed by atoms with van der Waals surface area (Å²) in [4.78, 5) is 23.5. The molecular weight excluding hydrogens is 282 g/mol. The summed E-state index contributed by atoms with van der Waals surface area (Å²) in [7, 11) is 1.58. The van der Waals surface area contributed by atoms with Gasteiger partial charge in [-0.3, -0.25) is 0 Å². The highest BCUT2D eigenvalue weighted by Crippen LogP contribution is 2.20. The van der Waals surface area contributed by atoms with Crippen LogP contribution in [0.15, 0.2) is 36.9 Å². The largest absolute Gasteiger partial charge is 0.497 e. The first-order valence-electron chi connectivity index (χ1n) is 7.29. The topological polar surface area (TPSA) is 64.6 Å². The maximum Gasteiger partial charge on any atom is 0.329 e. The van der Waals surface area contributed by atoms with Crippen molar-refractivity contribution in [2.45, 2.75) is 25.8 Å². The Kier molecular flexibility index (Phi) is 7.75. The summed E-state index contributed by atoms with van der Waals surface area (Å²) in [5, 5.41) is 3.08. The van der Waals surface area contributed by atoms with E-state index < -0.39 is 17.9 Å². The third-order valence-corrected chi connectivity index (χ3v) is 3.26. The average Bonchev–Trinajstić information content (AvgIpc) is 2.55. The lowest BCUT2D eigenvalue weighted by molar-refractivity contribution is -0.146. The number of benzene rings is 1. The number of hydrogen-bond donors (Lipinski definition) is 1. The Bertz CT molecular complexity index is 484. The predicted molar refractivity (Wildman–Crippen MR) is 86.0 cm³/mol. The van der Waals surface area contributed by atoms with Crippen LogP contribution in [0.25, 0.3) is 0 Å². The van der Waals surface area contributed by atoms with Crippen molar-refractivity contribution in [3.63, 3.8) is 0 Å². The molecule has 1 N–H and O–H groups in total. The smallest absolute Gasteiger partial charge is 0.329 e. The molecular formula is C17H23NO4. The highest BCUT2D eigenvalue weighted by Gasteiger charge is 2.28. The molecule has 22 heavy (non-hydrogen) atoms. The standard InChI is InChI=1S/C17H23NO4/c1-4-6-7-13(12-19)16(17(20)22-5-2)18-14-8-10-15(21-3)11-9-14/h4,8-13,16,18H,1,5-7H2,2-3H3/t13-,16-/m0/s1. The molecule has 0 radical (unpaired) electrons. The number of nitrogens with one attached hydrogen (secondary N) is 1. The second-order valence-electron chi connectivity index (χ2n) is 4.77. The summed E-state index contributed by atoms with van der Waals surface area (Å²) in [6.45, 7) is 5.65. The van der Waals surface area contributed by atoms with Crippen molar-refractivity contribution >= 4 is 17.9 Å². The van der Waals surface area contributed by atoms with Gasteiger partial charge in [-0.1, -0.05) is 6.08 Å². The normalized spacial score (nSPS) is 12.8. The fourth-order valence-corrected chi connectivity index (χ4v) is 2.06. The van der Waals surface area contributed by atoms with Crippen molar-refractivity contribution in [3.8, 4) is 5.75 Å². The number of esters is 1. The molecule has 0 unspecified atom stereocenters. The van der Waals surface area contributed by atoms with Gasteiger partial charge in [-0.15, -0.1) is 6.58 Å². The van der Waals surface area contributed by atoms with Gasteiger partial charge in [-0.25, -0.2) is 4.79 Å². The lowest BCUT2D eigenvalue weighted by atomic mass is 9.95. The zero-order chi connectivity index (χ0) is 16.4. The van der Waals surface area contributed by atoms with E-state index in [4.69, 9.17) is 9.47 Å². The monoisotopic (exact) mass is 305 g/mol. The Morgan fingerprint density at radius 3 is 2.55 bits per heavy atom. The van der Waals surface area contributed by atoms with Crippen molar-refractivity contribution < 1.29 is 19.1 Å². The van der Waals surface area contributed by atoms with Crippen molar-refractivity contribution in [3.05, 3.63) is 36.9 Å². The first-order chi connectivity index (χ1) is 10.7. The maximum atomic E-state index is 12.1. The molecule has 120 valence electrons. The molecule has 1 aromatic carbocycles. The predicted octanol–water partition coefficient (Wildman–Crippen LogP) is 2.82. The highest BCUT2D eigenvalue weighted by atomic mass is 16.5. The van der Waals surface area contributed by atoms with Crippen LogP contribution in [0.3, 0.4) is 0 Å². The molecule has 0 aliphatic heterocycles. The minimum absolute atomic E-state index is 0.270. The zero-order valence-electron chi connectivity index (χ0n) is 13.1. The van der Waals surface area contributed by atoms with Crippen molar-refractivity contribution in [2.75, 3.05) is 19.0 Å². The Morgan fingerprint density at radius 2 is 2.05 bits per heavy atom. The lowest BCUT2D eigenvalue weighted by Crippen LogP contribution is -2.39. The van der Waals surface area contributed by atoms with Gasteiger partial charge in [-0.2, -0.15) is 0 Å². The molecule has 0 aromatic heterocycles. The van der Waals surface area contributed by atoms with Gasteiger partial charge < -0.3 is 19.6 Å². The molecule has 0 aliphatic rings. The quantitative estimate of drug-likeness (QED) is 0.409. The van der Waals surface area contributed by atoms with Crippen LogP contribution in [-0.2, 0) is 14.3 Å². The fourth-order valence-electron chi connectivity index (χ4n) is 2.06. The lowest BCUT2D eigenvalue weighted by Gasteiger charge is -2.23. The Labute approximate surface area is 131 Å². The van der Waals surface area contributed by atoms with Gasteiger partial charge in [0, 0.05) is 11.6 Å². The van der Waals surface area contributed by atoms with Gasteiger partial charge in [0.2, 0.25) is 0 Å². The van der Waals surface area contributed by atoms with Crippen LogP contribution in [0.5, 0.6) is 5.75 Å². The first kappa shape index (κ1) is 17.8. The van der Waals surface area contributed by atoms with E-state index in [9.17, 15) is 9.59 Å². The molecule has 5 heteroatoms. The van der Waals surface area contributed by atoms with Crippen LogP contribution < -0.4 is 10.1 Å². The molecule has 2 atom stereocenters. The Morgan fingerprint density at radius 1 is 1.36 bits per heavy atom. The number of allylic oxidation sites excluding steroid dienone is 1. The Balaban J connectivity index is 2.89. The van der Waals surface area contributed by atoms with E-state index in [1.54, 1.807) is 44.4 Å². The molecule has 0 heterocycles. The van der Waals surface area contributed by atoms with Gasteiger partial charge in [-0.05, 0) is 44.0 Å². The highest BCUT2D eigenvalue weighted by molar-refractivity contribution is 5.83. The van der Waals surface area contributed by atoms with Crippen LogP contribution in [0, 0.1) is 5.92 Å². The minimum Gasteiger partial charge on any atom is -0.497 e. The number of ether oxygens (including phenoxy) is 2. The van der Waals surface area contributed by atoms with Crippen LogP contribution in [0.1, 0.15) is 19.8 Å². The van der Waals surface area contributed by atoms with Gasteiger partial charge >= 0.3 is 5.97 Å². The average molecular weight is 305 g/mol. The second-order valence-corrected chi connectivity index (χ2v) is 4.77. The first-order valence-corrected chi connectivity index (χ1v) is 7.29. The van der Waals surface area contributed by atoms with E-state index in [1.165, 1.54) is 0 Å². The molecule has 0 bridgehead atoms. The molecule has 1 aromatic rings. The van der Waals surface area contributed by atoms with Gasteiger partial charge in [0.05, 0.1) is 13.7 Å². The summed E-state index contributed by atoms with van der Waals surface area (Å²) in [6.07, 6.45) is 3.72. The van der Waals surface area contributed by atoms with Crippen LogP contribution in [0.4, 0.5) is 5.69 Å². The summed E-state index contributed by atoms with van der Waals surface area (Å²) >= 11 is 0. The van der Waals surface area contributed by atoms with Crippen LogP contribution in [0.2, 0.25) is 0 Å². The molecule has 0 fully saturated rings. The maximum absolute atomic E-state index is 12.1. The second kappa shape index (κ2) is 9.60. The number of aldehydes is 1. The van der Waals surface area contributed by atoms with Crippen LogP contribution in [-0.4, -0.2) is 32.0 Å². The SMILES string of the molecule is C=CCC[C@@H](C=O)[C@H](Nc1ccc(OC)cc1)C(=O)OCC. The van der Waals surface area contributed by atoms with Gasteiger partial charge in [0.15, 0.2) is 0 Å². The number of hydrogen-bond acceptors (Lipinski definition) is 5. The number of methoxy groups -OCH3 is 1. The zero-order valence-corrected chi connectivity index (χ0v) is 13.1. The third-order valence-electron chi connectivity index (χ3n) is 3.26. The number of rotatable bonds is 10. The third kappa shape index (κ3) is 5.24. The van der Waals surface area contributed by atoms with Crippen LogP contribution >= 0.6 is 0 Å². The summed E-state index contributed by atoms with van der Waals surface area (Å²) < 4.78 is 10.2.